The van der Waals surface area contributed by atoms with Crippen LogP contribution in [0.3, 0.4) is 0 Å². The van der Waals surface area contributed by atoms with Crippen LogP contribution in [-0.2, 0) is 4.79 Å². The second kappa shape index (κ2) is 8.30. The van der Waals surface area contributed by atoms with Crippen LogP contribution in [0, 0.1) is 17.5 Å². The molecule has 28 heavy (non-hydrogen) atoms. The molecule has 1 fully saturated rings. The number of rotatable bonds is 5. The average molecular weight is 406 g/mol. The lowest BCUT2D eigenvalue weighted by atomic mass is 10.2. The van der Waals surface area contributed by atoms with Gasteiger partial charge in [-0.2, -0.15) is 0 Å². The first-order chi connectivity index (χ1) is 13.4. The van der Waals surface area contributed by atoms with Gasteiger partial charge in [-0.05, 0) is 42.1 Å². The molecular weight excluding hydrogens is 393 g/mol. The molecule has 0 aromatic heterocycles. The predicted octanol–water partition coefficient (Wildman–Crippen LogP) is 3.57. The number of nitrogens with zero attached hydrogens (tertiary/aromatic N) is 1. The minimum Gasteiger partial charge on any atom is -0.350 e. The first-order valence-corrected chi connectivity index (χ1v) is 8.91. The molecule has 0 bridgehead atoms. The highest BCUT2D eigenvalue weighted by Gasteiger charge is 2.34. The van der Waals surface area contributed by atoms with Gasteiger partial charge in [-0.25, -0.2) is 13.2 Å². The summed E-state index contributed by atoms with van der Waals surface area (Å²) in [6.45, 7) is -0.318. The summed E-state index contributed by atoms with van der Waals surface area (Å²) in [5, 5.41) is 1.76. The maximum Gasteiger partial charge on any atom is 0.293 e. The summed E-state index contributed by atoms with van der Waals surface area (Å²) < 4.78 is 40.4. The van der Waals surface area contributed by atoms with Crippen LogP contribution in [0.1, 0.15) is 15.9 Å². The molecule has 0 unspecified atom stereocenters. The minimum absolute atomic E-state index is 0.0533. The van der Waals surface area contributed by atoms with E-state index in [0.717, 1.165) is 23.1 Å². The number of amides is 3. The summed E-state index contributed by atoms with van der Waals surface area (Å²) in [5.74, 6) is -3.68. The van der Waals surface area contributed by atoms with Crippen molar-refractivity contribution in [2.75, 3.05) is 13.1 Å². The molecule has 0 spiro atoms. The predicted molar refractivity (Wildman–Crippen MR) is 97.8 cm³/mol. The van der Waals surface area contributed by atoms with Gasteiger partial charge < -0.3 is 5.32 Å². The second-order valence-electron chi connectivity index (χ2n) is 5.73. The third kappa shape index (κ3) is 4.25. The fourth-order valence-electron chi connectivity index (χ4n) is 2.47. The molecule has 3 rings (SSSR count). The Kier molecular flexibility index (Phi) is 5.84. The van der Waals surface area contributed by atoms with E-state index in [2.05, 4.69) is 5.32 Å². The van der Waals surface area contributed by atoms with E-state index in [4.69, 9.17) is 0 Å². The summed E-state index contributed by atoms with van der Waals surface area (Å²) in [5.41, 5.74) is -0.309. The summed E-state index contributed by atoms with van der Waals surface area (Å²) in [6.07, 6.45) is 1.28. The van der Waals surface area contributed by atoms with Gasteiger partial charge in [-0.15, -0.1) is 0 Å². The number of hydrogen-bond donors (Lipinski definition) is 1. The lowest BCUT2D eigenvalue weighted by molar-refractivity contribution is -0.122. The average Bonchev–Trinajstić information content (AvgIpc) is 2.92. The highest BCUT2D eigenvalue weighted by molar-refractivity contribution is 8.18. The van der Waals surface area contributed by atoms with Crippen LogP contribution in [0.2, 0.25) is 0 Å². The Bertz CT molecular complexity index is 994. The van der Waals surface area contributed by atoms with Gasteiger partial charge in [0.15, 0.2) is 0 Å². The van der Waals surface area contributed by atoms with Gasteiger partial charge in [0.05, 0.1) is 10.5 Å². The zero-order chi connectivity index (χ0) is 20.3. The molecule has 5 nitrogen and oxygen atoms in total. The van der Waals surface area contributed by atoms with E-state index < -0.39 is 40.1 Å². The van der Waals surface area contributed by atoms with Crippen molar-refractivity contribution in [1.29, 1.82) is 0 Å². The van der Waals surface area contributed by atoms with Crippen molar-refractivity contribution < 1.29 is 27.6 Å². The molecule has 2 aromatic rings. The molecule has 0 saturated carbocycles. The molecule has 0 radical (unpaired) electrons. The molecule has 1 aliphatic heterocycles. The minimum atomic E-state index is -0.891. The second-order valence-corrected chi connectivity index (χ2v) is 6.73. The number of halogens is 3. The Morgan fingerprint density at radius 1 is 1.07 bits per heavy atom. The number of carbonyl (C=O) groups is 3. The van der Waals surface area contributed by atoms with Crippen molar-refractivity contribution in [2.45, 2.75) is 0 Å². The van der Waals surface area contributed by atoms with Crippen LogP contribution in [0.15, 0.2) is 47.4 Å². The number of thioether (sulfide) groups is 1. The SMILES string of the molecule is O=C(NCCN1C(=O)S/C(=C\c2ccccc2F)C1=O)c1cc(F)ccc1F. The van der Waals surface area contributed by atoms with Gasteiger partial charge >= 0.3 is 0 Å². The van der Waals surface area contributed by atoms with Gasteiger partial charge in [0.2, 0.25) is 0 Å². The highest BCUT2D eigenvalue weighted by atomic mass is 32.2. The van der Waals surface area contributed by atoms with Crippen LogP contribution < -0.4 is 5.32 Å². The monoisotopic (exact) mass is 406 g/mol. The van der Waals surface area contributed by atoms with E-state index in [1.54, 1.807) is 6.07 Å². The summed E-state index contributed by atoms with van der Waals surface area (Å²) in [7, 11) is 0. The van der Waals surface area contributed by atoms with Crippen LogP contribution in [0.4, 0.5) is 18.0 Å². The van der Waals surface area contributed by atoms with Crippen molar-refractivity contribution in [1.82, 2.24) is 10.2 Å². The standard InChI is InChI=1S/C19H13F3N2O3S/c20-12-5-6-15(22)13(10-12)17(25)23-7-8-24-18(26)16(28-19(24)27)9-11-3-1-2-4-14(11)21/h1-6,9-10H,7-8H2,(H,23,25)/b16-9-. The van der Waals surface area contributed by atoms with Crippen LogP contribution >= 0.6 is 11.8 Å². The first-order valence-electron chi connectivity index (χ1n) is 8.10. The smallest absolute Gasteiger partial charge is 0.293 e. The molecule has 1 heterocycles. The van der Waals surface area contributed by atoms with Gasteiger partial charge in [-0.3, -0.25) is 19.3 Å². The molecule has 0 atom stereocenters. The van der Waals surface area contributed by atoms with E-state index in [-0.39, 0.29) is 23.6 Å². The maximum absolute atomic E-state index is 13.7. The molecule has 0 aliphatic carbocycles. The van der Waals surface area contributed by atoms with E-state index in [9.17, 15) is 27.6 Å². The lowest BCUT2D eigenvalue weighted by Gasteiger charge is -2.13. The van der Waals surface area contributed by atoms with E-state index in [1.807, 2.05) is 0 Å². The fourth-order valence-corrected chi connectivity index (χ4v) is 3.33. The van der Waals surface area contributed by atoms with Crippen LogP contribution in [-0.4, -0.2) is 35.0 Å². The highest BCUT2D eigenvalue weighted by Crippen LogP contribution is 2.32. The molecule has 9 heteroatoms. The van der Waals surface area contributed by atoms with Gasteiger partial charge in [0.1, 0.15) is 17.5 Å². The van der Waals surface area contributed by atoms with E-state index >= 15 is 0 Å². The zero-order valence-corrected chi connectivity index (χ0v) is 15.1. The number of imide groups is 1. The summed E-state index contributed by atoms with van der Waals surface area (Å²) >= 11 is 0.655. The molecule has 144 valence electrons. The topological polar surface area (TPSA) is 66.5 Å². The van der Waals surface area contributed by atoms with Crippen molar-refractivity contribution >= 4 is 34.9 Å². The van der Waals surface area contributed by atoms with Crippen molar-refractivity contribution in [3.8, 4) is 0 Å². The van der Waals surface area contributed by atoms with Gasteiger partial charge in [-0.1, -0.05) is 18.2 Å². The largest absolute Gasteiger partial charge is 0.350 e. The Morgan fingerprint density at radius 2 is 1.82 bits per heavy atom. The van der Waals surface area contributed by atoms with E-state index in [0.29, 0.717) is 11.8 Å². The molecular formula is C19H13F3N2O3S. The maximum atomic E-state index is 13.7. The molecule has 3 amide bonds. The Hall–Kier alpha value is -3.07. The number of carbonyl (C=O) groups excluding carboxylic acids is 3. The first kappa shape index (κ1) is 19.7. The molecule has 1 aliphatic rings. The number of hydrogen-bond acceptors (Lipinski definition) is 4. The lowest BCUT2D eigenvalue weighted by Crippen LogP contribution is -2.37. The quantitative estimate of drug-likeness (QED) is 0.771. The Morgan fingerprint density at radius 3 is 2.57 bits per heavy atom. The van der Waals surface area contributed by atoms with Crippen LogP contribution in [0.5, 0.6) is 0 Å². The van der Waals surface area contributed by atoms with Crippen LogP contribution in [0.25, 0.3) is 6.08 Å². The van der Waals surface area contributed by atoms with Crippen molar-refractivity contribution in [2.24, 2.45) is 0 Å². The molecule has 2 aromatic carbocycles. The van der Waals surface area contributed by atoms with E-state index in [1.165, 1.54) is 24.3 Å². The van der Waals surface area contributed by atoms with Gasteiger partial charge in [0, 0.05) is 18.7 Å². The molecule has 1 saturated heterocycles. The normalized spacial score (nSPS) is 15.4. The zero-order valence-electron chi connectivity index (χ0n) is 14.2. The fraction of sp³-hybridized carbons (Fsp3) is 0.105. The van der Waals surface area contributed by atoms with Crippen molar-refractivity contribution in [3.63, 3.8) is 0 Å². The third-order valence-electron chi connectivity index (χ3n) is 3.86. The van der Waals surface area contributed by atoms with Crippen molar-refractivity contribution in [3.05, 3.63) is 75.9 Å². The number of nitrogens with one attached hydrogen (secondary N) is 1. The van der Waals surface area contributed by atoms with Gasteiger partial charge in [0.25, 0.3) is 17.1 Å². The Labute approximate surface area is 162 Å². The number of benzene rings is 2. The molecule has 1 N–H and O–H groups in total. The Balaban J connectivity index is 1.63. The summed E-state index contributed by atoms with van der Waals surface area (Å²) in [6, 6.07) is 8.27. The summed E-state index contributed by atoms with van der Waals surface area (Å²) in [4.78, 5) is 37.2. The third-order valence-corrected chi connectivity index (χ3v) is 4.77.